The Morgan fingerprint density at radius 1 is 1.23 bits per heavy atom. The molecule has 0 amide bonds. The Labute approximate surface area is 126 Å². The van der Waals surface area contributed by atoms with Crippen LogP contribution in [-0.2, 0) is 16.6 Å². The highest BCUT2D eigenvalue weighted by Crippen LogP contribution is 2.22. The molecule has 0 radical (unpaired) electrons. The molecule has 0 unspecified atom stereocenters. The summed E-state index contributed by atoms with van der Waals surface area (Å²) in [5, 5.41) is 4.29. The number of nitrogens with zero attached hydrogens (tertiary/aromatic N) is 3. The normalized spacial score (nSPS) is 16.1. The Hall–Kier alpha value is -2.76. The van der Waals surface area contributed by atoms with Crippen LogP contribution in [-0.4, -0.2) is 21.6 Å². The van der Waals surface area contributed by atoms with Crippen LogP contribution in [0.4, 0.5) is 4.39 Å². The smallest absolute Gasteiger partial charge is 0.363 e. The van der Waals surface area contributed by atoms with E-state index in [0.717, 1.165) is 17.0 Å². The number of halogens is 1. The molecule has 3 rings (SSSR count). The molecule has 1 aromatic carbocycles. The molecule has 6 heteroatoms. The second-order valence-electron chi connectivity index (χ2n) is 5.05. The second kappa shape index (κ2) is 5.22. The molecular formula is C16H14FN3O2. The number of aromatic nitrogens is 2. The summed E-state index contributed by atoms with van der Waals surface area (Å²) in [4.78, 5) is 16.2. The van der Waals surface area contributed by atoms with Crippen LogP contribution in [0.15, 0.2) is 35.0 Å². The fraction of sp³-hybridized carbons (Fsp3) is 0.188. The Bertz CT molecular complexity index is 817. The van der Waals surface area contributed by atoms with Crippen LogP contribution in [0.1, 0.15) is 22.5 Å². The van der Waals surface area contributed by atoms with Crippen molar-refractivity contribution in [2.75, 3.05) is 0 Å². The molecule has 0 spiro atoms. The van der Waals surface area contributed by atoms with Gasteiger partial charge in [-0.25, -0.2) is 14.2 Å². The number of benzene rings is 1. The monoisotopic (exact) mass is 299 g/mol. The average Bonchev–Trinajstić information content (AvgIpc) is 2.95. The summed E-state index contributed by atoms with van der Waals surface area (Å²) < 4.78 is 19.8. The van der Waals surface area contributed by atoms with Gasteiger partial charge in [-0.1, -0.05) is 0 Å². The number of esters is 1. The maximum Gasteiger partial charge on any atom is 0.363 e. The number of hydrogen-bond acceptors (Lipinski definition) is 4. The van der Waals surface area contributed by atoms with E-state index >= 15 is 0 Å². The molecule has 0 bridgehead atoms. The van der Waals surface area contributed by atoms with Gasteiger partial charge in [-0.3, -0.25) is 4.68 Å². The Kier molecular flexibility index (Phi) is 3.36. The second-order valence-corrected chi connectivity index (χ2v) is 5.05. The first kappa shape index (κ1) is 14.2. The van der Waals surface area contributed by atoms with Crippen molar-refractivity contribution in [3.05, 3.63) is 58.3 Å². The van der Waals surface area contributed by atoms with Gasteiger partial charge in [0.25, 0.3) is 0 Å². The predicted molar refractivity (Wildman–Crippen MR) is 79.7 cm³/mol. The van der Waals surface area contributed by atoms with Gasteiger partial charge in [-0.2, -0.15) is 5.10 Å². The Morgan fingerprint density at radius 3 is 2.50 bits per heavy atom. The first-order valence-electron chi connectivity index (χ1n) is 6.74. The van der Waals surface area contributed by atoms with Crippen LogP contribution in [0.2, 0.25) is 0 Å². The van der Waals surface area contributed by atoms with Crippen molar-refractivity contribution in [1.82, 2.24) is 9.78 Å². The van der Waals surface area contributed by atoms with E-state index in [1.54, 1.807) is 10.8 Å². The van der Waals surface area contributed by atoms with Gasteiger partial charge in [0.05, 0.1) is 5.69 Å². The molecule has 1 aliphatic heterocycles. The van der Waals surface area contributed by atoms with E-state index in [1.807, 2.05) is 20.9 Å². The maximum absolute atomic E-state index is 12.9. The molecule has 0 N–H and O–H groups in total. The lowest BCUT2D eigenvalue weighted by Crippen LogP contribution is -2.05. The fourth-order valence-electron chi connectivity index (χ4n) is 2.26. The summed E-state index contributed by atoms with van der Waals surface area (Å²) in [7, 11) is 1.84. The molecule has 0 saturated carbocycles. The Morgan fingerprint density at radius 2 is 1.91 bits per heavy atom. The molecule has 2 aromatic rings. The van der Waals surface area contributed by atoms with Gasteiger partial charge >= 0.3 is 5.97 Å². The number of hydrogen-bond donors (Lipinski definition) is 0. The molecule has 2 heterocycles. The zero-order chi connectivity index (χ0) is 15.9. The lowest BCUT2D eigenvalue weighted by atomic mass is 10.1. The molecule has 1 aromatic heterocycles. The topological polar surface area (TPSA) is 56.5 Å². The third-order valence-electron chi connectivity index (χ3n) is 3.56. The standard InChI is InChI=1S/C16H14FN3O2/c1-9-13(10(2)20(3)19-9)8-14-16(21)22-15(18-14)11-4-6-12(17)7-5-11/h4-8H,1-3H3/b14-8-. The van der Waals surface area contributed by atoms with Gasteiger partial charge in [0.1, 0.15) is 5.82 Å². The number of carbonyl (C=O) groups is 1. The van der Waals surface area contributed by atoms with Crippen molar-refractivity contribution in [1.29, 1.82) is 0 Å². The fourth-order valence-corrected chi connectivity index (χ4v) is 2.26. The summed E-state index contributed by atoms with van der Waals surface area (Å²) >= 11 is 0. The molecule has 0 fully saturated rings. The zero-order valence-electron chi connectivity index (χ0n) is 12.4. The minimum absolute atomic E-state index is 0.176. The van der Waals surface area contributed by atoms with E-state index in [2.05, 4.69) is 10.1 Å². The molecule has 0 atom stereocenters. The molecule has 5 nitrogen and oxygen atoms in total. The van der Waals surface area contributed by atoms with Gasteiger partial charge in [-0.15, -0.1) is 0 Å². The van der Waals surface area contributed by atoms with Gasteiger partial charge in [-0.05, 0) is 44.2 Å². The van der Waals surface area contributed by atoms with Gasteiger partial charge in [0.15, 0.2) is 5.70 Å². The number of aryl methyl sites for hydroxylation is 2. The number of ether oxygens (including phenoxy) is 1. The van der Waals surface area contributed by atoms with E-state index in [-0.39, 0.29) is 17.4 Å². The molecule has 0 saturated heterocycles. The predicted octanol–water partition coefficient (Wildman–Crippen LogP) is 2.52. The molecule has 112 valence electrons. The van der Waals surface area contributed by atoms with E-state index in [1.165, 1.54) is 24.3 Å². The summed E-state index contributed by atoms with van der Waals surface area (Å²) in [6.45, 7) is 3.78. The lowest BCUT2D eigenvalue weighted by Gasteiger charge is -1.98. The van der Waals surface area contributed by atoms with Crippen LogP contribution in [0.25, 0.3) is 6.08 Å². The first-order valence-corrected chi connectivity index (χ1v) is 6.74. The minimum atomic E-state index is -0.526. The van der Waals surface area contributed by atoms with Crippen LogP contribution in [0.5, 0.6) is 0 Å². The number of rotatable bonds is 2. The van der Waals surface area contributed by atoms with Crippen molar-refractivity contribution in [2.45, 2.75) is 13.8 Å². The van der Waals surface area contributed by atoms with E-state index in [4.69, 9.17) is 4.74 Å². The third-order valence-corrected chi connectivity index (χ3v) is 3.56. The quantitative estimate of drug-likeness (QED) is 0.632. The van der Waals surface area contributed by atoms with E-state index in [0.29, 0.717) is 5.56 Å². The summed E-state index contributed by atoms with van der Waals surface area (Å²) in [5.74, 6) is -0.705. The van der Waals surface area contributed by atoms with Crippen LogP contribution in [0.3, 0.4) is 0 Å². The molecule has 0 aliphatic carbocycles. The summed E-state index contributed by atoms with van der Waals surface area (Å²) in [5.41, 5.74) is 3.35. The zero-order valence-corrected chi connectivity index (χ0v) is 12.4. The maximum atomic E-state index is 12.9. The highest BCUT2D eigenvalue weighted by molar-refractivity contribution is 6.12. The van der Waals surface area contributed by atoms with Crippen molar-refractivity contribution < 1.29 is 13.9 Å². The van der Waals surface area contributed by atoms with Gasteiger partial charge < -0.3 is 4.74 Å². The Balaban J connectivity index is 1.99. The van der Waals surface area contributed by atoms with Crippen LogP contribution < -0.4 is 0 Å². The molecule has 22 heavy (non-hydrogen) atoms. The van der Waals surface area contributed by atoms with Crippen molar-refractivity contribution in [2.24, 2.45) is 12.0 Å². The van der Waals surface area contributed by atoms with Gasteiger partial charge in [0, 0.05) is 23.9 Å². The van der Waals surface area contributed by atoms with Crippen LogP contribution in [0, 0.1) is 19.7 Å². The summed E-state index contributed by atoms with van der Waals surface area (Å²) in [6, 6.07) is 5.63. The molecule has 1 aliphatic rings. The number of carbonyl (C=O) groups excluding carboxylic acids is 1. The minimum Gasteiger partial charge on any atom is -0.402 e. The van der Waals surface area contributed by atoms with Crippen molar-refractivity contribution in [3.63, 3.8) is 0 Å². The van der Waals surface area contributed by atoms with Crippen molar-refractivity contribution in [3.8, 4) is 0 Å². The molecular weight excluding hydrogens is 285 g/mol. The largest absolute Gasteiger partial charge is 0.402 e. The highest BCUT2D eigenvalue weighted by Gasteiger charge is 2.25. The van der Waals surface area contributed by atoms with Crippen molar-refractivity contribution >= 4 is 17.9 Å². The van der Waals surface area contributed by atoms with Crippen LogP contribution >= 0.6 is 0 Å². The third kappa shape index (κ3) is 2.43. The number of cyclic esters (lactones) is 1. The van der Waals surface area contributed by atoms with E-state index < -0.39 is 5.97 Å². The highest BCUT2D eigenvalue weighted by atomic mass is 19.1. The van der Waals surface area contributed by atoms with E-state index in [9.17, 15) is 9.18 Å². The first-order chi connectivity index (χ1) is 10.5. The lowest BCUT2D eigenvalue weighted by molar-refractivity contribution is -0.129. The summed E-state index contributed by atoms with van der Waals surface area (Å²) in [6.07, 6.45) is 1.66. The number of aliphatic imine (C=N–C) groups is 1. The average molecular weight is 299 g/mol. The van der Waals surface area contributed by atoms with Gasteiger partial charge in [0.2, 0.25) is 5.90 Å². The SMILES string of the molecule is Cc1nn(C)c(C)c1/C=C1\N=C(c2ccc(F)cc2)OC1=O.